The van der Waals surface area contributed by atoms with Crippen LogP contribution >= 0.6 is 11.6 Å². The Hall–Kier alpha value is -1.33. The molecule has 0 amide bonds. The minimum atomic E-state index is -0.605. The zero-order chi connectivity index (χ0) is 10.7. The van der Waals surface area contributed by atoms with Crippen molar-refractivity contribution in [1.29, 1.82) is 0 Å². The fourth-order valence-corrected chi connectivity index (χ4v) is 1.29. The van der Waals surface area contributed by atoms with E-state index in [0.29, 0.717) is 5.56 Å². The first-order valence-corrected chi connectivity index (χ1v) is 4.09. The summed E-state index contributed by atoms with van der Waals surface area (Å²) in [6, 6.07) is 2.51. The minimum Gasteiger partial charge on any atom is -0.496 e. The summed E-state index contributed by atoms with van der Waals surface area (Å²) in [4.78, 5) is 9.89. The standard InChI is InChI=1S/C8H8ClNO4/c1-14-8-3-7(10(12)13)6(9)2-5(8)4-11/h2-3,11H,4H2,1H3. The van der Waals surface area contributed by atoms with Gasteiger partial charge in [0, 0.05) is 5.56 Å². The van der Waals surface area contributed by atoms with Gasteiger partial charge < -0.3 is 9.84 Å². The molecule has 0 unspecified atom stereocenters. The molecule has 1 aromatic rings. The largest absolute Gasteiger partial charge is 0.496 e. The summed E-state index contributed by atoms with van der Waals surface area (Å²) < 4.78 is 4.86. The van der Waals surface area contributed by atoms with Crippen LogP contribution in [0.3, 0.4) is 0 Å². The smallest absolute Gasteiger partial charge is 0.291 e. The molecule has 0 radical (unpaired) electrons. The lowest BCUT2D eigenvalue weighted by Gasteiger charge is -2.06. The van der Waals surface area contributed by atoms with Crippen LogP contribution < -0.4 is 4.74 Å². The topological polar surface area (TPSA) is 72.6 Å². The SMILES string of the molecule is COc1cc([N+](=O)[O-])c(Cl)cc1CO. The van der Waals surface area contributed by atoms with E-state index < -0.39 is 4.92 Å². The van der Waals surface area contributed by atoms with Gasteiger partial charge in [0.1, 0.15) is 10.8 Å². The first kappa shape index (κ1) is 10.7. The quantitative estimate of drug-likeness (QED) is 0.618. The maximum Gasteiger partial charge on any atom is 0.291 e. The van der Waals surface area contributed by atoms with Crippen LogP contribution in [-0.2, 0) is 6.61 Å². The summed E-state index contributed by atoms with van der Waals surface area (Å²) in [6.07, 6.45) is 0. The Labute approximate surface area is 85.0 Å². The highest BCUT2D eigenvalue weighted by atomic mass is 35.5. The Morgan fingerprint density at radius 1 is 1.64 bits per heavy atom. The van der Waals surface area contributed by atoms with Gasteiger partial charge in [0.2, 0.25) is 0 Å². The molecule has 0 fully saturated rings. The van der Waals surface area contributed by atoms with Crippen LogP contribution in [0.4, 0.5) is 5.69 Å². The van der Waals surface area contributed by atoms with Crippen LogP contribution in [0, 0.1) is 10.1 Å². The van der Waals surface area contributed by atoms with Crippen LogP contribution in [-0.4, -0.2) is 17.1 Å². The number of nitro groups is 1. The predicted octanol–water partition coefficient (Wildman–Crippen LogP) is 1.75. The number of nitrogens with zero attached hydrogens (tertiary/aromatic N) is 1. The number of aliphatic hydroxyl groups excluding tert-OH is 1. The van der Waals surface area contributed by atoms with Crippen molar-refractivity contribution < 1.29 is 14.8 Å². The molecule has 76 valence electrons. The lowest BCUT2D eigenvalue weighted by molar-refractivity contribution is -0.384. The molecule has 0 saturated carbocycles. The summed E-state index contributed by atoms with van der Waals surface area (Å²) in [5, 5.41) is 19.4. The number of ether oxygens (including phenoxy) is 1. The van der Waals surface area contributed by atoms with E-state index in [1.165, 1.54) is 19.2 Å². The van der Waals surface area contributed by atoms with Gasteiger partial charge in [0.05, 0.1) is 24.7 Å². The maximum absolute atomic E-state index is 10.5. The average molecular weight is 218 g/mol. The number of hydrogen-bond donors (Lipinski definition) is 1. The molecule has 5 nitrogen and oxygen atoms in total. The van der Waals surface area contributed by atoms with Crippen molar-refractivity contribution in [3.05, 3.63) is 32.8 Å². The Morgan fingerprint density at radius 3 is 2.71 bits per heavy atom. The van der Waals surface area contributed by atoms with Gasteiger partial charge in [0.15, 0.2) is 0 Å². The molecule has 0 bridgehead atoms. The number of aliphatic hydroxyl groups is 1. The van der Waals surface area contributed by atoms with E-state index >= 15 is 0 Å². The Kier molecular flexibility index (Phi) is 3.27. The van der Waals surface area contributed by atoms with Crippen LogP contribution in [0.5, 0.6) is 5.75 Å². The molecule has 1 rings (SSSR count). The van der Waals surface area contributed by atoms with Crippen LogP contribution in [0.2, 0.25) is 5.02 Å². The van der Waals surface area contributed by atoms with Gasteiger partial charge in [-0.05, 0) is 6.07 Å². The van der Waals surface area contributed by atoms with Crippen molar-refractivity contribution >= 4 is 17.3 Å². The van der Waals surface area contributed by atoms with Gasteiger partial charge in [-0.1, -0.05) is 11.6 Å². The highest BCUT2D eigenvalue weighted by molar-refractivity contribution is 6.32. The number of hydrogen-bond acceptors (Lipinski definition) is 4. The van der Waals surface area contributed by atoms with Gasteiger partial charge in [-0.3, -0.25) is 10.1 Å². The summed E-state index contributed by atoms with van der Waals surface area (Å²) in [5.41, 5.74) is 0.184. The Morgan fingerprint density at radius 2 is 2.29 bits per heavy atom. The molecule has 0 aliphatic heterocycles. The van der Waals surface area contributed by atoms with E-state index in [0.717, 1.165) is 0 Å². The molecular weight excluding hydrogens is 210 g/mol. The summed E-state index contributed by atoms with van der Waals surface area (Å²) in [5.74, 6) is 0.253. The number of nitro benzene ring substituents is 1. The zero-order valence-corrected chi connectivity index (χ0v) is 8.11. The van der Waals surface area contributed by atoms with Crippen molar-refractivity contribution in [2.75, 3.05) is 7.11 Å². The molecule has 1 N–H and O–H groups in total. The number of halogens is 1. The molecule has 0 saturated heterocycles. The number of methoxy groups -OCH3 is 1. The lowest BCUT2D eigenvalue weighted by atomic mass is 10.2. The first-order chi connectivity index (χ1) is 6.60. The molecule has 0 heterocycles. The highest BCUT2D eigenvalue weighted by Gasteiger charge is 2.16. The Bertz CT molecular complexity index is 367. The molecule has 0 aliphatic carbocycles. The monoisotopic (exact) mass is 217 g/mol. The van der Waals surface area contributed by atoms with E-state index in [4.69, 9.17) is 21.4 Å². The number of rotatable bonds is 3. The normalized spacial score (nSPS) is 9.93. The maximum atomic E-state index is 10.5. The lowest BCUT2D eigenvalue weighted by Crippen LogP contribution is -1.96. The fourth-order valence-electron chi connectivity index (χ4n) is 1.04. The summed E-state index contributed by atoms with van der Waals surface area (Å²) in [6.45, 7) is -0.277. The van der Waals surface area contributed by atoms with Crippen molar-refractivity contribution in [2.45, 2.75) is 6.61 Å². The highest BCUT2D eigenvalue weighted by Crippen LogP contribution is 2.32. The van der Waals surface area contributed by atoms with Crippen molar-refractivity contribution in [3.63, 3.8) is 0 Å². The second kappa shape index (κ2) is 4.26. The second-order valence-electron chi connectivity index (χ2n) is 2.53. The Balaban J connectivity index is 3.30. The van der Waals surface area contributed by atoms with Gasteiger partial charge in [0.25, 0.3) is 5.69 Å². The van der Waals surface area contributed by atoms with Crippen LogP contribution in [0.1, 0.15) is 5.56 Å². The summed E-state index contributed by atoms with van der Waals surface area (Å²) >= 11 is 5.62. The molecule has 0 atom stereocenters. The fraction of sp³-hybridized carbons (Fsp3) is 0.250. The van der Waals surface area contributed by atoms with E-state index in [9.17, 15) is 10.1 Å². The summed E-state index contributed by atoms with van der Waals surface area (Å²) in [7, 11) is 1.37. The van der Waals surface area contributed by atoms with Crippen LogP contribution in [0.15, 0.2) is 12.1 Å². The average Bonchev–Trinajstić information content (AvgIpc) is 2.16. The molecule has 6 heteroatoms. The van der Waals surface area contributed by atoms with Gasteiger partial charge in [-0.2, -0.15) is 0 Å². The van der Waals surface area contributed by atoms with Gasteiger partial charge in [-0.25, -0.2) is 0 Å². The predicted molar refractivity (Wildman–Crippen MR) is 50.6 cm³/mol. The van der Waals surface area contributed by atoms with E-state index in [2.05, 4.69) is 0 Å². The van der Waals surface area contributed by atoms with Gasteiger partial charge >= 0.3 is 0 Å². The number of benzene rings is 1. The van der Waals surface area contributed by atoms with E-state index in [-0.39, 0.29) is 23.1 Å². The van der Waals surface area contributed by atoms with E-state index in [1.54, 1.807) is 0 Å². The first-order valence-electron chi connectivity index (χ1n) is 3.71. The molecule has 0 spiro atoms. The zero-order valence-electron chi connectivity index (χ0n) is 7.36. The molecule has 0 aromatic heterocycles. The molecule has 1 aromatic carbocycles. The van der Waals surface area contributed by atoms with Gasteiger partial charge in [-0.15, -0.1) is 0 Å². The third kappa shape index (κ3) is 1.94. The minimum absolute atomic E-state index is 0.0140. The van der Waals surface area contributed by atoms with Crippen molar-refractivity contribution in [1.82, 2.24) is 0 Å². The van der Waals surface area contributed by atoms with Crippen LogP contribution in [0.25, 0.3) is 0 Å². The second-order valence-corrected chi connectivity index (χ2v) is 2.94. The van der Waals surface area contributed by atoms with Crippen molar-refractivity contribution in [2.24, 2.45) is 0 Å². The third-order valence-corrected chi connectivity index (χ3v) is 2.02. The molecule has 0 aliphatic rings. The molecule has 14 heavy (non-hydrogen) atoms. The van der Waals surface area contributed by atoms with E-state index in [1.807, 2.05) is 0 Å². The van der Waals surface area contributed by atoms with Crippen molar-refractivity contribution in [3.8, 4) is 5.75 Å². The molecular formula is C8H8ClNO4. The third-order valence-electron chi connectivity index (χ3n) is 1.72.